The Morgan fingerprint density at radius 3 is 1.80 bits per heavy atom. The van der Waals surface area contributed by atoms with Gasteiger partial charge in [0, 0.05) is 5.25 Å². The molecule has 0 aliphatic heterocycles. The number of aliphatic hydroxyl groups is 1. The molecule has 0 aliphatic rings. The van der Waals surface area contributed by atoms with Gasteiger partial charge in [-0.25, -0.2) is 8.42 Å². The summed E-state index contributed by atoms with van der Waals surface area (Å²) in [6, 6.07) is 0. The van der Waals surface area contributed by atoms with Crippen molar-refractivity contribution in [2.24, 2.45) is 0 Å². The Kier molecular flexibility index (Phi) is 16.8. The Morgan fingerprint density at radius 1 is 0.950 bits per heavy atom. The van der Waals surface area contributed by atoms with E-state index >= 15 is 0 Å². The van der Waals surface area contributed by atoms with Crippen molar-refractivity contribution in [3.63, 3.8) is 0 Å². The summed E-state index contributed by atoms with van der Waals surface area (Å²) < 4.78 is 33.4. The minimum absolute atomic E-state index is 0. The molecule has 0 heterocycles. The van der Waals surface area contributed by atoms with Crippen LogP contribution in [0.5, 0.6) is 0 Å². The fourth-order valence-electron chi connectivity index (χ4n) is 2.22. The van der Waals surface area contributed by atoms with E-state index in [1.54, 1.807) is 6.92 Å². The Morgan fingerprint density at radius 2 is 1.40 bits per heavy atom. The van der Waals surface area contributed by atoms with Gasteiger partial charge in [-0.1, -0.05) is 51.9 Å². The molecule has 0 radical (unpaired) electrons. The minimum atomic E-state index is -4.14. The normalized spacial score (nSPS) is 14.6. The van der Waals surface area contributed by atoms with Gasteiger partial charge in [-0.2, -0.15) is 0 Å². The van der Waals surface area contributed by atoms with E-state index in [1.165, 1.54) is 0 Å². The Bertz CT molecular complexity index is 304. The largest absolute Gasteiger partial charge is 1.00 e. The van der Waals surface area contributed by atoms with Crippen molar-refractivity contribution >= 4 is 10.1 Å². The van der Waals surface area contributed by atoms with E-state index in [2.05, 4.69) is 6.92 Å². The summed E-state index contributed by atoms with van der Waals surface area (Å²) in [7, 11) is -4.14. The van der Waals surface area contributed by atoms with Crippen LogP contribution in [0.25, 0.3) is 0 Å². The molecule has 0 aromatic rings. The Balaban J connectivity index is 0. The fraction of sp³-hybridized carbons (Fsp3) is 1.00. The second kappa shape index (κ2) is 14.1. The first kappa shape index (κ1) is 23.8. The maximum Gasteiger partial charge on any atom is 1.00 e. The van der Waals surface area contributed by atoms with Gasteiger partial charge in [0.15, 0.2) is 0 Å². The van der Waals surface area contributed by atoms with Gasteiger partial charge in [0.05, 0.1) is 16.2 Å². The number of aliphatic hydroxyl groups excluding tert-OH is 1. The van der Waals surface area contributed by atoms with Crippen LogP contribution in [0.3, 0.4) is 0 Å². The average molecular weight is 333 g/mol. The zero-order valence-electron chi connectivity index (χ0n) is 13.3. The van der Waals surface area contributed by atoms with Crippen molar-refractivity contribution in [2.45, 2.75) is 89.4 Å². The number of rotatable bonds is 12. The van der Waals surface area contributed by atoms with Crippen LogP contribution in [0, 0.1) is 0 Å². The van der Waals surface area contributed by atoms with E-state index < -0.39 is 15.4 Å². The maximum absolute atomic E-state index is 11.1. The number of hydrogen-bond acceptors (Lipinski definition) is 4. The summed E-state index contributed by atoms with van der Waals surface area (Å²) in [4.78, 5) is 0. The summed E-state index contributed by atoms with van der Waals surface area (Å²) in [5, 5.41) is 8.41. The fourth-order valence-corrected chi connectivity index (χ4v) is 3.13. The van der Waals surface area contributed by atoms with E-state index in [4.69, 9.17) is 5.11 Å². The maximum atomic E-state index is 11.1. The van der Waals surface area contributed by atoms with Gasteiger partial charge < -0.3 is 9.66 Å². The Labute approximate surface area is 167 Å². The molecular formula is C14H29KO4S. The monoisotopic (exact) mass is 332 g/mol. The third-order valence-electron chi connectivity index (χ3n) is 3.44. The first-order valence-electron chi connectivity index (χ1n) is 7.50. The number of unbranched alkanes of at least 4 members (excludes halogenated alkanes) is 5. The van der Waals surface area contributed by atoms with Crippen molar-refractivity contribution in [1.29, 1.82) is 0 Å². The Hall–Kier alpha value is 1.51. The van der Waals surface area contributed by atoms with E-state index in [9.17, 15) is 13.0 Å². The van der Waals surface area contributed by atoms with Crippen LogP contribution in [0.4, 0.5) is 0 Å². The van der Waals surface area contributed by atoms with Gasteiger partial charge in [-0.05, 0) is 26.2 Å². The van der Waals surface area contributed by atoms with E-state index in [0.717, 1.165) is 51.4 Å². The van der Waals surface area contributed by atoms with Crippen molar-refractivity contribution in [3.05, 3.63) is 0 Å². The molecule has 0 bridgehead atoms. The minimum Gasteiger partial charge on any atom is -0.748 e. The molecule has 20 heavy (non-hydrogen) atoms. The second-order valence-electron chi connectivity index (χ2n) is 5.45. The standard InChI is InChI=1S/C14H30O4S.K/c1-3-4-7-11-14(19(16,17)18)12-9-6-5-8-10-13(2)15;/h13-15H,3-12H2,1-2H3,(H,16,17,18);/q;+1/p-1. The first-order chi connectivity index (χ1) is 8.88. The van der Waals surface area contributed by atoms with Crippen LogP contribution >= 0.6 is 0 Å². The molecule has 0 spiro atoms. The van der Waals surface area contributed by atoms with Gasteiger partial charge in [0.1, 0.15) is 0 Å². The van der Waals surface area contributed by atoms with Gasteiger partial charge in [0.25, 0.3) is 0 Å². The molecule has 4 nitrogen and oxygen atoms in total. The second-order valence-corrected chi connectivity index (χ2v) is 7.10. The van der Waals surface area contributed by atoms with Crippen LogP contribution in [0.15, 0.2) is 0 Å². The molecule has 2 unspecified atom stereocenters. The molecule has 0 aromatic carbocycles. The first-order valence-corrected chi connectivity index (χ1v) is 8.97. The molecule has 116 valence electrons. The van der Waals surface area contributed by atoms with Crippen LogP contribution in [0.2, 0.25) is 0 Å². The molecule has 0 fully saturated rings. The van der Waals surface area contributed by atoms with Crippen LogP contribution in [0.1, 0.15) is 78.1 Å². The molecule has 2 atom stereocenters. The van der Waals surface area contributed by atoms with Crippen LogP contribution < -0.4 is 51.4 Å². The van der Waals surface area contributed by atoms with E-state index in [-0.39, 0.29) is 57.5 Å². The third-order valence-corrected chi connectivity index (χ3v) is 4.72. The summed E-state index contributed by atoms with van der Waals surface area (Å²) in [5.74, 6) is 0. The van der Waals surface area contributed by atoms with E-state index in [1.807, 2.05) is 0 Å². The predicted octanol–water partition coefficient (Wildman–Crippen LogP) is 0.206. The van der Waals surface area contributed by atoms with Gasteiger partial charge in [-0.3, -0.25) is 0 Å². The summed E-state index contributed by atoms with van der Waals surface area (Å²) in [6.07, 6.45) is 8.05. The zero-order chi connectivity index (χ0) is 14.7. The summed E-state index contributed by atoms with van der Waals surface area (Å²) in [5.41, 5.74) is 0. The van der Waals surface area contributed by atoms with Crippen molar-refractivity contribution in [1.82, 2.24) is 0 Å². The topological polar surface area (TPSA) is 77.4 Å². The quantitative estimate of drug-likeness (QED) is 0.315. The number of hydrogen-bond donors (Lipinski definition) is 1. The molecule has 1 N–H and O–H groups in total. The third kappa shape index (κ3) is 14.4. The summed E-state index contributed by atoms with van der Waals surface area (Å²) in [6.45, 7) is 3.83. The molecule has 0 aromatic heterocycles. The smallest absolute Gasteiger partial charge is 0.748 e. The van der Waals surface area contributed by atoms with E-state index in [0.29, 0.717) is 12.8 Å². The summed E-state index contributed by atoms with van der Waals surface area (Å²) >= 11 is 0. The molecule has 0 saturated carbocycles. The van der Waals surface area contributed by atoms with Gasteiger partial charge in [-0.15, -0.1) is 0 Å². The van der Waals surface area contributed by atoms with Gasteiger partial charge in [0.2, 0.25) is 0 Å². The van der Waals surface area contributed by atoms with Crippen molar-refractivity contribution in [2.75, 3.05) is 0 Å². The molecule has 0 saturated heterocycles. The zero-order valence-corrected chi connectivity index (χ0v) is 17.2. The van der Waals surface area contributed by atoms with Crippen molar-refractivity contribution in [3.8, 4) is 0 Å². The molecule has 6 heteroatoms. The SMILES string of the molecule is CCCCCC(CCCCCCC(C)O)S(=O)(=O)[O-].[K+]. The van der Waals surface area contributed by atoms with Gasteiger partial charge >= 0.3 is 51.4 Å². The predicted molar refractivity (Wildman–Crippen MR) is 77.0 cm³/mol. The van der Waals surface area contributed by atoms with Crippen LogP contribution in [-0.4, -0.2) is 29.4 Å². The van der Waals surface area contributed by atoms with Crippen LogP contribution in [-0.2, 0) is 10.1 Å². The van der Waals surface area contributed by atoms with Crippen molar-refractivity contribution < 1.29 is 69.5 Å². The molecule has 0 aliphatic carbocycles. The molecule has 0 amide bonds. The average Bonchev–Trinajstić information content (AvgIpc) is 2.29. The molecule has 0 rings (SSSR count). The molecular weight excluding hydrogens is 303 g/mol.